The molecule has 19 heavy (non-hydrogen) atoms. The van der Waals surface area contributed by atoms with Crippen LogP contribution >= 0.6 is 11.6 Å². The summed E-state index contributed by atoms with van der Waals surface area (Å²) >= 11 is 5.74. The molecule has 1 amide bonds. The minimum atomic E-state index is -0.318. The summed E-state index contributed by atoms with van der Waals surface area (Å²) in [6.45, 7) is 1.83. The molecule has 0 atom stereocenters. The SMILES string of the molecule is Cc1cc(Cl)ncc1NC(=O)Cc1ccc(F)cc1. The Labute approximate surface area is 115 Å². The van der Waals surface area contributed by atoms with E-state index in [9.17, 15) is 9.18 Å². The second-order valence-electron chi connectivity index (χ2n) is 4.17. The number of carbonyl (C=O) groups excluding carboxylic acids is 1. The molecule has 1 heterocycles. The van der Waals surface area contributed by atoms with Crippen molar-refractivity contribution in [3.8, 4) is 0 Å². The third-order valence-corrected chi connectivity index (χ3v) is 2.84. The van der Waals surface area contributed by atoms with Crippen LogP contribution in [0.25, 0.3) is 0 Å². The number of pyridine rings is 1. The zero-order valence-electron chi connectivity index (χ0n) is 10.3. The van der Waals surface area contributed by atoms with Crippen molar-refractivity contribution in [1.29, 1.82) is 0 Å². The Bertz CT molecular complexity index is 599. The number of rotatable bonds is 3. The van der Waals surface area contributed by atoms with Crippen LogP contribution in [-0.4, -0.2) is 10.9 Å². The van der Waals surface area contributed by atoms with Crippen molar-refractivity contribution in [2.24, 2.45) is 0 Å². The number of hydrogen-bond donors (Lipinski definition) is 1. The van der Waals surface area contributed by atoms with Gasteiger partial charge in [0.2, 0.25) is 5.91 Å². The van der Waals surface area contributed by atoms with Gasteiger partial charge in [-0.2, -0.15) is 0 Å². The largest absolute Gasteiger partial charge is 0.324 e. The smallest absolute Gasteiger partial charge is 0.228 e. The van der Waals surface area contributed by atoms with Gasteiger partial charge in [0.1, 0.15) is 11.0 Å². The van der Waals surface area contributed by atoms with E-state index in [2.05, 4.69) is 10.3 Å². The summed E-state index contributed by atoms with van der Waals surface area (Å²) in [7, 11) is 0. The number of aryl methyl sites for hydroxylation is 1. The van der Waals surface area contributed by atoms with Gasteiger partial charge in [-0.3, -0.25) is 4.79 Å². The van der Waals surface area contributed by atoms with Crippen molar-refractivity contribution in [1.82, 2.24) is 4.98 Å². The Balaban J connectivity index is 2.03. The van der Waals surface area contributed by atoms with Crippen molar-refractivity contribution in [3.63, 3.8) is 0 Å². The summed E-state index contributed by atoms with van der Waals surface area (Å²) in [5.41, 5.74) is 2.21. The van der Waals surface area contributed by atoms with Crippen molar-refractivity contribution < 1.29 is 9.18 Å². The van der Waals surface area contributed by atoms with E-state index in [0.717, 1.165) is 11.1 Å². The number of nitrogens with one attached hydrogen (secondary N) is 1. The van der Waals surface area contributed by atoms with E-state index in [0.29, 0.717) is 10.8 Å². The quantitative estimate of drug-likeness (QED) is 0.875. The molecule has 3 nitrogen and oxygen atoms in total. The molecule has 0 aliphatic heterocycles. The third-order valence-electron chi connectivity index (χ3n) is 2.63. The molecule has 0 aliphatic carbocycles. The number of halogens is 2. The van der Waals surface area contributed by atoms with E-state index >= 15 is 0 Å². The number of nitrogens with zero attached hydrogens (tertiary/aromatic N) is 1. The van der Waals surface area contributed by atoms with Crippen molar-refractivity contribution >= 4 is 23.2 Å². The highest BCUT2D eigenvalue weighted by Crippen LogP contribution is 2.17. The van der Waals surface area contributed by atoms with Gasteiger partial charge in [-0.05, 0) is 36.2 Å². The van der Waals surface area contributed by atoms with Crippen LogP contribution in [0.3, 0.4) is 0 Å². The van der Waals surface area contributed by atoms with Crippen LogP contribution in [0.1, 0.15) is 11.1 Å². The predicted octanol–water partition coefficient (Wildman–Crippen LogP) is 3.36. The average Bonchev–Trinajstić information content (AvgIpc) is 2.36. The molecule has 0 spiro atoms. The first-order valence-corrected chi connectivity index (χ1v) is 6.09. The minimum absolute atomic E-state index is 0.182. The highest BCUT2D eigenvalue weighted by Gasteiger charge is 2.07. The molecule has 0 saturated carbocycles. The van der Waals surface area contributed by atoms with E-state index < -0.39 is 0 Å². The maximum atomic E-state index is 12.7. The van der Waals surface area contributed by atoms with Gasteiger partial charge < -0.3 is 5.32 Å². The van der Waals surface area contributed by atoms with Crippen molar-refractivity contribution in [3.05, 3.63) is 58.6 Å². The lowest BCUT2D eigenvalue weighted by molar-refractivity contribution is -0.115. The summed E-state index contributed by atoms with van der Waals surface area (Å²) in [4.78, 5) is 15.8. The zero-order valence-corrected chi connectivity index (χ0v) is 11.0. The molecule has 0 unspecified atom stereocenters. The fourth-order valence-corrected chi connectivity index (χ4v) is 1.85. The highest BCUT2D eigenvalue weighted by atomic mass is 35.5. The van der Waals surface area contributed by atoms with Crippen LogP contribution in [0.4, 0.5) is 10.1 Å². The molecule has 0 radical (unpaired) electrons. The lowest BCUT2D eigenvalue weighted by atomic mass is 10.1. The van der Waals surface area contributed by atoms with Crippen LogP contribution in [0.15, 0.2) is 36.5 Å². The number of carbonyl (C=O) groups is 1. The van der Waals surface area contributed by atoms with Crippen LogP contribution in [0, 0.1) is 12.7 Å². The second-order valence-corrected chi connectivity index (χ2v) is 4.56. The third kappa shape index (κ3) is 3.76. The molecular formula is C14H12ClFN2O. The summed E-state index contributed by atoms with van der Waals surface area (Å²) in [6, 6.07) is 7.51. The summed E-state index contributed by atoms with van der Waals surface area (Å²) in [6.07, 6.45) is 1.70. The van der Waals surface area contributed by atoms with E-state index in [-0.39, 0.29) is 18.1 Å². The molecule has 1 N–H and O–H groups in total. The number of benzene rings is 1. The molecule has 2 aromatic rings. The van der Waals surface area contributed by atoms with Crippen LogP contribution in [0.5, 0.6) is 0 Å². The van der Waals surface area contributed by atoms with Crippen LogP contribution < -0.4 is 5.32 Å². The maximum absolute atomic E-state index is 12.7. The molecular weight excluding hydrogens is 267 g/mol. The fraction of sp³-hybridized carbons (Fsp3) is 0.143. The minimum Gasteiger partial charge on any atom is -0.324 e. The molecule has 0 aliphatic rings. The van der Waals surface area contributed by atoms with Gasteiger partial charge >= 0.3 is 0 Å². The number of aromatic nitrogens is 1. The lowest BCUT2D eigenvalue weighted by Crippen LogP contribution is -2.15. The molecule has 0 fully saturated rings. The van der Waals surface area contributed by atoms with E-state index in [4.69, 9.17) is 11.6 Å². The lowest BCUT2D eigenvalue weighted by Gasteiger charge is -2.08. The molecule has 1 aromatic heterocycles. The standard InChI is InChI=1S/C14H12ClFN2O/c1-9-6-13(15)17-8-12(9)18-14(19)7-10-2-4-11(16)5-3-10/h2-6,8H,7H2,1H3,(H,18,19). The molecule has 2 rings (SSSR count). The predicted molar refractivity (Wildman–Crippen MR) is 72.7 cm³/mol. The van der Waals surface area contributed by atoms with Gasteiger partial charge in [-0.15, -0.1) is 0 Å². The highest BCUT2D eigenvalue weighted by molar-refractivity contribution is 6.29. The average molecular weight is 279 g/mol. The maximum Gasteiger partial charge on any atom is 0.228 e. The summed E-state index contributed by atoms with van der Waals surface area (Å²) in [5, 5.41) is 3.13. The van der Waals surface area contributed by atoms with Crippen molar-refractivity contribution in [2.45, 2.75) is 13.3 Å². The van der Waals surface area contributed by atoms with E-state index in [1.54, 1.807) is 18.2 Å². The van der Waals surface area contributed by atoms with Gasteiger partial charge in [0.25, 0.3) is 0 Å². The van der Waals surface area contributed by atoms with Crippen LogP contribution in [0.2, 0.25) is 5.15 Å². The Morgan fingerprint density at radius 1 is 1.37 bits per heavy atom. The molecule has 0 saturated heterocycles. The number of anilines is 1. The van der Waals surface area contributed by atoms with Gasteiger partial charge in [-0.1, -0.05) is 23.7 Å². The normalized spacial score (nSPS) is 10.3. The van der Waals surface area contributed by atoms with Crippen LogP contribution in [-0.2, 0) is 11.2 Å². The Kier molecular flexibility index (Phi) is 4.12. The Morgan fingerprint density at radius 3 is 2.68 bits per heavy atom. The van der Waals surface area contributed by atoms with Gasteiger partial charge in [0.15, 0.2) is 0 Å². The van der Waals surface area contributed by atoms with Gasteiger partial charge in [0, 0.05) is 0 Å². The van der Waals surface area contributed by atoms with E-state index in [1.807, 2.05) is 6.92 Å². The first-order chi connectivity index (χ1) is 9.04. The fourth-order valence-electron chi connectivity index (χ4n) is 1.63. The summed E-state index contributed by atoms with van der Waals surface area (Å²) < 4.78 is 12.7. The Hall–Kier alpha value is -1.94. The van der Waals surface area contributed by atoms with Gasteiger partial charge in [0.05, 0.1) is 18.3 Å². The Morgan fingerprint density at radius 2 is 2.05 bits per heavy atom. The van der Waals surface area contributed by atoms with Gasteiger partial charge in [-0.25, -0.2) is 9.37 Å². The topological polar surface area (TPSA) is 42.0 Å². The molecule has 98 valence electrons. The summed E-state index contributed by atoms with van der Waals surface area (Å²) in [5.74, 6) is -0.499. The molecule has 0 bridgehead atoms. The first kappa shape index (κ1) is 13.5. The molecule has 5 heteroatoms. The number of amides is 1. The zero-order chi connectivity index (χ0) is 13.8. The van der Waals surface area contributed by atoms with E-state index in [1.165, 1.54) is 18.3 Å². The van der Waals surface area contributed by atoms with Crippen molar-refractivity contribution in [2.75, 3.05) is 5.32 Å². The monoisotopic (exact) mass is 278 g/mol. The second kappa shape index (κ2) is 5.80. The first-order valence-electron chi connectivity index (χ1n) is 5.71. The number of hydrogen-bond acceptors (Lipinski definition) is 2. The molecule has 1 aromatic carbocycles.